The van der Waals surface area contributed by atoms with Crippen LogP contribution in [0.15, 0.2) is 17.2 Å². The quantitative estimate of drug-likeness (QED) is 0.628. The summed E-state index contributed by atoms with van der Waals surface area (Å²) in [4.78, 5) is 16.2. The highest BCUT2D eigenvalue weighted by Crippen LogP contribution is 2.27. The number of aryl methyl sites for hydroxylation is 1. The van der Waals surface area contributed by atoms with Gasteiger partial charge in [-0.15, -0.1) is 11.3 Å². The van der Waals surface area contributed by atoms with E-state index < -0.39 is 15.7 Å². The summed E-state index contributed by atoms with van der Waals surface area (Å²) in [5, 5.41) is 18.5. The van der Waals surface area contributed by atoms with Crippen LogP contribution in [0.2, 0.25) is 0 Å². The standard InChI is InChI=1S/C16H17N5O3S2/c1-10-14(7-12(8-17)15(22)19-16-18-4-5-25-16)11(2)21(20-10)13-3-6-26(23,24)9-13/h4-5,7,13H,3,6,9H2,1-2H3,(H,18,19,22)/b12-7+/t13-/m1/s1. The highest BCUT2D eigenvalue weighted by Gasteiger charge is 2.31. The number of nitrogens with zero attached hydrogens (tertiary/aromatic N) is 4. The van der Waals surface area contributed by atoms with E-state index in [1.165, 1.54) is 17.4 Å². The number of carbonyl (C=O) groups is 1. The molecule has 8 nitrogen and oxygen atoms in total. The minimum atomic E-state index is -3.03. The van der Waals surface area contributed by atoms with Gasteiger partial charge in [0.25, 0.3) is 5.91 Å². The Morgan fingerprint density at radius 2 is 2.27 bits per heavy atom. The second-order valence-electron chi connectivity index (χ2n) is 6.05. The molecule has 10 heteroatoms. The number of rotatable bonds is 4. The molecule has 26 heavy (non-hydrogen) atoms. The molecular formula is C16H17N5O3S2. The molecule has 0 bridgehead atoms. The Bertz CT molecular complexity index is 1010. The molecule has 0 aliphatic carbocycles. The summed E-state index contributed by atoms with van der Waals surface area (Å²) in [6, 6.07) is 1.69. The molecule has 3 rings (SSSR count). The van der Waals surface area contributed by atoms with E-state index in [4.69, 9.17) is 0 Å². The van der Waals surface area contributed by atoms with E-state index in [0.29, 0.717) is 22.8 Å². The van der Waals surface area contributed by atoms with Gasteiger partial charge in [-0.2, -0.15) is 10.4 Å². The molecule has 1 amide bonds. The zero-order chi connectivity index (χ0) is 18.9. The van der Waals surface area contributed by atoms with Gasteiger partial charge in [0.05, 0.1) is 23.2 Å². The van der Waals surface area contributed by atoms with Gasteiger partial charge in [0.2, 0.25) is 0 Å². The largest absolute Gasteiger partial charge is 0.297 e. The monoisotopic (exact) mass is 391 g/mol. The van der Waals surface area contributed by atoms with Crippen molar-refractivity contribution < 1.29 is 13.2 Å². The molecule has 1 N–H and O–H groups in total. The van der Waals surface area contributed by atoms with E-state index in [1.54, 1.807) is 23.2 Å². The van der Waals surface area contributed by atoms with Crippen molar-refractivity contribution in [3.63, 3.8) is 0 Å². The van der Waals surface area contributed by atoms with Crippen LogP contribution < -0.4 is 5.32 Å². The van der Waals surface area contributed by atoms with Gasteiger partial charge in [-0.1, -0.05) is 0 Å². The summed E-state index contributed by atoms with van der Waals surface area (Å²) >= 11 is 1.26. The van der Waals surface area contributed by atoms with Crippen molar-refractivity contribution >= 4 is 38.3 Å². The fourth-order valence-electron chi connectivity index (χ4n) is 2.95. The highest BCUT2D eigenvalue weighted by atomic mass is 32.2. The number of hydrogen-bond donors (Lipinski definition) is 1. The molecule has 2 aromatic heterocycles. The van der Waals surface area contributed by atoms with Gasteiger partial charge in [-0.05, 0) is 26.3 Å². The van der Waals surface area contributed by atoms with Crippen LogP contribution in [0.3, 0.4) is 0 Å². The molecule has 0 saturated carbocycles. The average Bonchev–Trinajstić information content (AvgIpc) is 3.27. The molecular weight excluding hydrogens is 374 g/mol. The van der Waals surface area contributed by atoms with E-state index >= 15 is 0 Å². The van der Waals surface area contributed by atoms with Gasteiger partial charge in [0, 0.05) is 22.8 Å². The van der Waals surface area contributed by atoms with Gasteiger partial charge in [0.15, 0.2) is 15.0 Å². The van der Waals surface area contributed by atoms with Crippen LogP contribution in [0.4, 0.5) is 5.13 Å². The second-order valence-corrected chi connectivity index (χ2v) is 9.17. The van der Waals surface area contributed by atoms with Crippen molar-refractivity contribution in [3.8, 4) is 6.07 Å². The summed E-state index contributed by atoms with van der Waals surface area (Å²) in [5.41, 5.74) is 1.96. The lowest BCUT2D eigenvalue weighted by molar-refractivity contribution is -0.112. The predicted octanol–water partition coefficient (Wildman–Crippen LogP) is 1.86. The van der Waals surface area contributed by atoms with Gasteiger partial charge in [-0.3, -0.25) is 14.8 Å². The Hall–Kier alpha value is -2.51. The molecule has 1 aliphatic heterocycles. The normalized spacial score (nSPS) is 19.3. The third-order valence-corrected chi connectivity index (χ3v) is 6.68. The van der Waals surface area contributed by atoms with E-state index in [-0.39, 0.29) is 23.1 Å². The third-order valence-electron chi connectivity index (χ3n) is 4.24. The number of sulfone groups is 1. The Kier molecular flexibility index (Phi) is 4.93. The maximum Gasteiger partial charge on any atom is 0.268 e. The number of thiazole rings is 1. The molecule has 1 saturated heterocycles. The summed E-state index contributed by atoms with van der Waals surface area (Å²) < 4.78 is 25.2. The van der Waals surface area contributed by atoms with Gasteiger partial charge in [0.1, 0.15) is 11.6 Å². The topological polar surface area (TPSA) is 118 Å². The van der Waals surface area contributed by atoms with E-state index in [9.17, 15) is 18.5 Å². The maximum atomic E-state index is 12.3. The van der Waals surface area contributed by atoms with Crippen molar-refractivity contribution in [2.45, 2.75) is 26.3 Å². The van der Waals surface area contributed by atoms with E-state index in [1.807, 2.05) is 13.0 Å². The summed E-state index contributed by atoms with van der Waals surface area (Å²) in [5.74, 6) is -0.327. The Morgan fingerprint density at radius 3 is 2.85 bits per heavy atom. The minimum Gasteiger partial charge on any atom is -0.297 e. The molecule has 1 fully saturated rings. The summed E-state index contributed by atoms with van der Waals surface area (Å²) in [6.45, 7) is 3.58. The molecule has 0 spiro atoms. The summed E-state index contributed by atoms with van der Waals surface area (Å²) in [7, 11) is -3.03. The minimum absolute atomic E-state index is 0.0632. The first-order valence-electron chi connectivity index (χ1n) is 7.89. The van der Waals surface area contributed by atoms with Crippen molar-refractivity contribution in [2.24, 2.45) is 0 Å². The Labute approximate surface area is 155 Å². The van der Waals surface area contributed by atoms with Crippen LogP contribution in [0.1, 0.15) is 29.4 Å². The van der Waals surface area contributed by atoms with Crippen LogP contribution in [-0.4, -0.2) is 40.6 Å². The Morgan fingerprint density at radius 1 is 1.50 bits per heavy atom. The first-order valence-corrected chi connectivity index (χ1v) is 10.6. The number of nitriles is 1. The van der Waals surface area contributed by atoms with Crippen molar-refractivity contribution in [3.05, 3.63) is 34.1 Å². The van der Waals surface area contributed by atoms with Crippen LogP contribution in [0.5, 0.6) is 0 Å². The number of amides is 1. The van der Waals surface area contributed by atoms with Gasteiger partial charge < -0.3 is 0 Å². The lowest BCUT2D eigenvalue weighted by Crippen LogP contribution is -2.14. The third kappa shape index (κ3) is 3.68. The fourth-order valence-corrected chi connectivity index (χ4v) is 5.17. The zero-order valence-electron chi connectivity index (χ0n) is 14.3. The zero-order valence-corrected chi connectivity index (χ0v) is 15.9. The molecule has 1 aliphatic rings. The SMILES string of the molecule is Cc1nn([C@@H]2CCS(=O)(=O)C2)c(C)c1/C=C(\C#N)C(=O)Nc1nccs1. The maximum absolute atomic E-state index is 12.3. The number of carbonyl (C=O) groups excluding carboxylic acids is 1. The molecule has 0 aromatic carbocycles. The van der Waals surface area contributed by atoms with Gasteiger partial charge in [-0.25, -0.2) is 13.4 Å². The number of aromatic nitrogens is 3. The fraction of sp³-hybridized carbons (Fsp3) is 0.375. The van der Waals surface area contributed by atoms with Crippen molar-refractivity contribution in [2.75, 3.05) is 16.8 Å². The molecule has 1 atom stereocenters. The van der Waals surface area contributed by atoms with Crippen LogP contribution in [0, 0.1) is 25.2 Å². The van der Waals surface area contributed by atoms with Crippen LogP contribution >= 0.6 is 11.3 Å². The van der Waals surface area contributed by atoms with Crippen LogP contribution in [0.25, 0.3) is 6.08 Å². The second kappa shape index (κ2) is 7.01. The smallest absolute Gasteiger partial charge is 0.268 e. The molecule has 3 heterocycles. The number of anilines is 1. The number of nitrogens with one attached hydrogen (secondary N) is 1. The van der Waals surface area contributed by atoms with Crippen LogP contribution in [-0.2, 0) is 14.6 Å². The van der Waals surface area contributed by atoms with E-state index in [0.717, 1.165) is 5.69 Å². The van der Waals surface area contributed by atoms with E-state index in [2.05, 4.69) is 15.4 Å². The molecule has 2 aromatic rings. The Balaban J connectivity index is 1.90. The molecule has 136 valence electrons. The molecule has 0 radical (unpaired) electrons. The molecule has 0 unspecified atom stereocenters. The van der Waals surface area contributed by atoms with Crippen molar-refractivity contribution in [1.29, 1.82) is 5.26 Å². The van der Waals surface area contributed by atoms with Gasteiger partial charge >= 0.3 is 0 Å². The first kappa shape index (κ1) is 18.3. The lowest BCUT2D eigenvalue weighted by atomic mass is 10.1. The number of hydrogen-bond acceptors (Lipinski definition) is 7. The van der Waals surface area contributed by atoms with Crippen molar-refractivity contribution in [1.82, 2.24) is 14.8 Å². The average molecular weight is 391 g/mol. The highest BCUT2D eigenvalue weighted by molar-refractivity contribution is 7.91. The predicted molar refractivity (Wildman–Crippen MR) is 98.3 cm³/mol. The lowest BCUT2D eigenvalue weighted by Gasteiger charge is -2.11. The first-order chi connectivity index (χ1) is 12.3. The summed E-state index contributed by atoms with van der Waals surface area (Å²) in [6.07, 6.45) is 3.56.